The first kappa shape index (κ1) is 13.7. The van der Waals surface area contributed by atoms with Crippen molar-refractivity contribution in [1.82, 2.24) is 0 Å². The van der Waals surface area contributed by atoms with Gasteiger partial charge < -0.3 is 14.7 Å². The summed E-state index contributed by atoms with van der Waals surface area (Å²) in [6.45, 7) is 4.85. The number of nitrogens with zero attached hydrogens (tertiary/aromatic N) is 1. The number of ether oxygens (including phenoxy) is 1. The summed E-state index contributed by atoms with van der Waals surface area (Å²) in [5.41, 5.74) is 3.33. The number of methoxy groups -OCH3 is 1. The minimum Gasteiger partial charge on any atom is -0.496 e. The number of aliphatic carboxylic acids is 1. The maximum atomic E-state index is 10.8. The van der Waals surface area contributed by atoms with E-state index < -0.39 is 5.97 Å². The molecule has 1 N–H and O–H groups in total. The summed E-state index contributed by atoms with van der Waals surface area (Å²) in [4.78, 5) is 13.0. The van der Waals surface area contributed by atoms with Crippen molar-refractivity contribution in [2.45, 2.75) is 20.3 Å². The van der Waals surface area contributed by atoms with Gasteiger partial charge in [-0.25, -0.2) is 0 Å². The lowest BCUT2D eigenvalue weighted by Crippen LogP contribution is -2.21. The number of hydrogen-bond donors (Lipinski definition) is 1. The second-order valence-electron chi connectivity index (χ2n) is 5.43. The highest BCUT2D eigenvalue weighted by atomic mass is 16.5. The van der Waals surface area contributed by atoms with Gasteiger partial charge in [0.05, 0.1) is 13.0 Å². The van der Waals surface area contributed by atoms with Crippen LogP contribution >= 0.6 is 0 Å². The van der Waals surface area contributed by atoms with Gasteiger partial charge in [-0.1, -0.05) is 0 Å². The molecule has 0 aromatic heterocycles. The summed E-state index contributed by atoms with van der Waals surface area (Å²) in [5, 5.41) is 8.93. The van der Waals surface area contributed by atoms with Crippen LogP contribution in [0.2, 0.25) is 0 Å². The molecular formula is C15H21NO3. The van der Waals surface area contributed by atoms with Crippen LogP contribution in [0.15, 0.2) is 12.1 Å². The van der Waals surface area contributed by atoms with E-state index in [9.17, 15) is 4.79 Å². The van der Waals surface area contributed by atoms with Gasteiger partial charge >= 0.3 is 5.97 Å². The number of carboxylic acids is 1. The molecule has 1 aliphatic rings. The second-order valence-corrected chi connectivity index (χ2v) is 5.43. The van der Waals surface area contributed by atoms with E-state index in [1.807, 2.05) is 20.9 Å². The number of carbonyl (C=O) groups is 1. The summed E-state index contributed by atoms with van der Waals surface area (Å²) < 4.78 is 5.36. The van der Waals surface area contributed by atoms with Gasteiger partial charge in [0.1, 0.15) is 5.75 Å². The zero-order valence-electron chi connectivity index (χ0n) is 11.9. The smallest absolute Gasteiger partial charge is 0.306 e. The van der Waals surface area contributed by atoms with Gasteiger partial charge in [-0.05, 0) is 49.4 Å². The predicted molar refractivity (Wildman–Crippen MR) is 75.0 cm³/mol. The van der Waals surface area contributed by atoms with Gasteiger partial charge in [0, 0.05) is 19.3 Å². The molecule has 1 aromatic rings. The molecule has 19 heavy (non-hydrogen) atoms. The SMILES string of the molecule is COc1c(C)cc(N(C)CC2CC2C(=O)O)cc1C. The van der Waals surface area contributed by atoms with Gasteiger partial charge in [0.15, 0.2) is 0 Å². The van der Waals surface area contributed by atoms with E-state index in [2.05, 4.69) is 17.0 Å². The first-order valence-electron chi connectivity index (χ1n) is 6.53. The van der Waals surface area contributed by atoms with Crippen molar-refractivity contribution in [3.63, 3.8) is 0 Å². The molecule has 0 aliphatic heterocycles. The Hall–Kier alpha value is -1.71. The third-order valence-electron chi connectivity index (χ3n) is 3.84. The first-order valence-corrected chi connectivity index (χ1v) is 6.53. The largest absolute Gasteiger partial charge is 0.496 e. The molecule has 0 radical (unpaired) electrons. The van der Waals surface area contributed by atoms with Crippen LogP contribution in [0.4, 0.5) is 5.69 Å². The first-order chi connectivity index (χ1) is 8.93. The van der Waals surface area contributed by atoms with Crippen LogP contribution in [0.3, 0.4) is 0 Å². The van der Waals surface area contributed by atoms with E-state index in [0.29, 0.717) is 0 Å². The monoisotopic (exact) mass is 263 g/mol. The van der Waals surface area contributed by atoms with E-state index in [4.69, 9.17) is 9.84 Å². The Morgan fingerprint density at radius 3 is 2.42 bits per heavy atom. The van der Waals surface area contributed by atoms with Crippen molar-refractivity contribution in [3.8, 4) is 5.75 Å². The highest BCUT2D eigenvalue weighted by molar-refractivity contribution is 5.73. The number of benzene rings is 1. The van der Waals surface area contributed by atoms with Crippen LogP contribution in [0, 0.1) is 25.7 Å². The fourth-order valence-corrected chi connectivity index (χ4v) is 2.68. The molecule has 2 rings (SSSR count). The molecule has 4 nitrogen and oxygen atoms in total. The van der Waals surface area contributed by atoms with Gasteiger partial charge in [0.2, 0.25) is 0 Å². The Morgan fingerprint density at radius 2 is 2.00 bits per heavy atom. The third-order valence-corrected chi connectivity index (χ3v) is 3.84. The molecule has 2 unspecified atom stereocenters. The third kappa shape index (κ3) is 2.83. The molecule has 1 aromatic carbocycles. The summed E-state index contributed by atoms with van der Waals surface area (Å²) in [5.74, 6) is 0.389. The van der Waals surface area contributed by atoms with E-state index in [1.54, 1.807) is 7.11 Å². The maximum Gasteiger partial charge on any atom is 0.306 e. The zero-order valence-corrected chi connectivity index (χ0v) is 11.9. The Labute approximate surface area is 114 Å². The van der Waals surface area contributed by atoms with Crippen LogP contribution in [0.25, 0.3) is 0 Å². The average molecular weight is 263 g/mol. The minimum atomic E-state index is -0.666. The summed E-state index contributed by atoms with van der Waals surface area (Å²) in [7, 11) is 3.69. The number of rotatable bonds is 5. The molecule has 0 bridgehead atoms. The van der Waals surface area contributed by atoms with Gasteiger partial charge in [-0.2, -0.15) is 0 Å². The topological polar surface area (TPSA) is 49.8 Å². The quantitative estimate of drug-likeness (QED) is 0.886. The molecule has 1 fully saturated rings. The normalized spacial score (nSPS) is 21.1. The van der Waals surface area contributed by atoms with Crippen molar-refractivity contribution in [1.29, 1.82) is 0 Å². The molecule has 0 amide bonds. The molecular weight excluding hydrogens is 242 g/mol. The second kappa shape index (κ2) is 5.11. The molecule has 0 heterocycles. The van der Waals surface area contributed by atoms with Crippen molar-refractivity contribution >= 4 is 11.7 Å². The number of aryl methyl sites for hydroxylation is 2. The fraction of sp³-hybridized carbons (Fsp3) is 0.533. The zero-order chi connectivity index (χ0) is 14.2. The molecule has 4 heteroatoms. The molecule has 104 valence electrons. The summed E-state index contributed by atoms with van der Waals surface area (Å²) >= 11 is 0. The molecule has 0 spiro atoms. The van der Waals surface area contributed by atoms with E-state index in [0.717, 1.165) is 35.5 Å². The fourth-order valence-electron chi connectivity index (χ4n) is 2.68. The molecule has 1 saturated carbocycles. The van der Waals surface area contributed by atoms with E-state index >= 15 is 0 Å². The highest BCUT2D eigenvalue weighted by Gasteiger charge is 2.43. The number of anilines is 1. The maximum absolute atomic E-state index is 10.8. The lowest BCUT2D eigenvalue weighted by atomic mass is 10.1. The van der Waals surface area contributed by atoms with Gasteiger partial charge in [0.25, 0.3) is 0 Å². The van der Waals surface area contributed by atoms with Crippen LogP contribution < -0.4 is 9.64 Å². The lowest BCUT2D eigenvalue weighted by Gasteiger charge is -2.21. The van der Waals surface area contributed by atoms with E-state index in [1.165, 1.54) is 0 Å². The van der Waals surface area contributed by atoms with Crippen LogP contribution in [0.5, 0.6) is 5.75 Å². The van der Waals surface area contributed by atoms with E-state index in [-0.39, 0.29) is 11.8 Å². The van der Waals surface area contributed by atoms with Gasteiger partial charge in [-0.3, -0.25) is 4.79 Å². The van der Waals surface area contributed by atoms with Crippen LogP contribution in [0.1, 0.15) is 17.5 Å². The minimum absolute atomic E-state index is 0.150. The Balaban J connectivity index is 2.08. The highest BCUT2D eigenvalue weighted by Crippen LogP contribution is 2.40. The van der Waals surface area contributed by atoms with Crippen LogP contribution in [-0.4, -0.2) is 31.8 Å². The number of hydrogen-bond acceptors (Lipinski definition) is 3. The Kier molecular flexibility index (Phi) is 3.69. The van der Waals surface area contributed by atoms with Crippen LogP contribution in [-0.2, 0) is 4.79 Å². The van der Waals surface area contributed by atoms with Gasteiger partial charge in [-0.15, -0.1) is 0 Å². The van der Waals surface area contributed by atoms with Crippen molar-refractivity contribution in [2.75, 3.05) is 25.6 Å². The summed E-state index contributed by atoms with van der Waals surface area (Å²) in [6.07, 6.45) is 0.799. The lowest BCUT2D eigenvalue weighted by molar-refractivity contribution is -0.138. The molecule has 1 aliphatic carbocycles. The molecule has 0 saturated heterocycles. The Bertz CT molecular complexity index is 475. The van der Waals surface area contributed by atoms with Crippen molar-refractivity contribution in [3.05, 3.63) is 23.3 Å². The average Bonchev–Trinajstić information content (AvgIpc) is 3.08. The Morgan fingerprint density at radius 1 is 1.42 bits per heavy atom. The number of carboxylic acid groups (broad SMARTS) is 1. The standard InChI is InChI=1S/C15H21NO3/c1-9-5-12(6-10(2)14(9)19-4)16(3)8-11-7-13(11)15(17)18/h5-6,11,13H,7-8H2,1-4H3,(H,17,18). The van der Waals surface area contributed by atoms with Crippen molar-refractivity contribution < 1.29 is 14.6 Å². The predicted octanol–water partition coefficient (Wildman–Crippen LogP) is 2.47. The summed E-state index contributed by atoms with van der Waals surface area (Å²) in [6, 6.07) is 4.17. The molecule has 2 atom stereocenters. The van der Waals surface area contributed by atoms with Crippen molar-refractivity contribution in [2.24, 2.45) is 11.8 Å².